The first-order valence-corrected chi connectivity index (χ1v) is 13.4. The number of thiophene rings is 1. The summed E-state index contributed by atoms with van der Waals surface area (Å²) in [7, 11) is -3.79. The number of fused-ring (bicyclic) bond motifs is 2. The number of anilines is 1. The summed E-state index contributed by atoms with van der Waals surface area (Å²) in [6.07, 6.45) is 1.56. The molecule has 0 fully saturated rings. The van der Waals surface area contributed by atoms with Crippen LogP contribution < -0.4 is 21.3 Å². The van der Waals surface area contributed by atoms with E-state index in [4.69, 9.17) is 22.1 Å². The minimum atomic E-state index is -3.79. The molecule has 0 spiro atoms. The highest BCUT2D eigenvalue weighted by Gasteiger charge is 2.31. The number of carbonyl (C=O) groups is 1. The second kappa shape index (κ2) is 8.82. The molecule has 0 radical (unpaired) electrons. The number of aromatic nitrogens is 2. The number of aromatic hydroxyl groups is 1. The van der Waals surface area contributed by atoms with Crippen LogP contribution in [-0.4, -0.2) is 42.1 Å². The largest absolute Gasteiger partial charge is 0.505 e. The lowest BCUT2D eigenvalue weighted by molar-refractivity contribution is -0.119. The van der Waals surface area contributed by atoms with Crippen LogP contribution >= 0.6 is 45.1 Å². The fourth-order valence-electron chi connectivity index (χ4n) is 3.55. The number of amides is 1. The summed E-state index contributed by atoms with van der Waals surface area (Å²) in [6.45, 7) is -0.246. The Morgan fingerprint density at radius 1 is 1.31 bits per heavy atom. The van der Waals surface area contributed by atoms with Crippen LogP contribution in [0.3, 0.4) is 0 Å². The van der Waals surface area contributed by atoms with E-state index < -0.39 is 22.2 Å². The molecule has 6 N–H and O–H groups in total. The average Bonchev–Trinajstić information content (AvgIpc) is 3.44. The Kier molecular flexibility index (Phi) is 5.94. The number of carbonyl (C=O) groups excluding carboxylic acids is 1. The summed E-state index contributed by atoms with van der Waals surface area (Å²) >= 11 is 8.38. The molecule has 182 valence electrons. The van der Waals surface area contributed by atoms with Gasteiger partial charge in [0.15, 0.2) is 22.7 Å². The predicted molar refractivity (Wildman–Crippen MR) is 136 cm³/mol. The number of thiazole rings is 1. The molecule has 0 unspecified atom stereocenters. The minimum absolute atomic E-state index is 0.000427. The molecule has 4 heterocycles. The van der Waals surface area contributed by atoms with Gasteiger partial charge in [0.05, 0.1) is 22.4 Å². The second-order valence-electron chi connectivity index (χ2n) is 7.33. The summed E-state index contributed by atoms with van der Waals surface area (Å²) in [5, 5.41) is 15.6. The Balaban J connectivity index is 1.61. The number of nitrogens with two attached hydrogens (primary N) is 1. The van der Waals surface area contributed by atoms with Crippen LogP contribution in [0.1, 0.15) is 10.4 Å². The number of rotatable bonds is 6. The van der Waals surface area contributed by atoms with E-state index in [1.54, 1.807) is 17.6 Å². The first kappa shape index (κ1) is 23.6. The molecule has 4 aromatic rings. The Labute approximate surface area is 211 Å². The number of hydrogen-bond donors (Lipinski definition) is 5. The van der Waals surface area contributed by atoms with E-state index in [0.717, 1.165) is 4.88 Å². The predicted octanol–water partition coefficient (Wildman–Crippen LogP) is 3.69. The van der Waals surface area contributed by atoms with Crippen molar-refractivity contribution in [1.29, 1.82) is 0 Å². The minimum Gasteiger partial charge on any atom is -0.505 e. The average molecular weight is 554 g/mol. The number of nitrogens with one attached hydrogen (secondary N) is 1. The van der Waals surface area contributed by atoms with Gasteiger partial charge in [0.1, 0.15) is 16.2 Å². The molecule has 0 saturated heterocycles. The topological polar surface area (TPSA) is 172 Å². The van der Waals surface area contributed by atoms with Gasteiger partial charge in [-0.25, -0.2) is 4.98 Å². The highest BCUT2D eigenvalue weighted by atomic mass is 35.5. The van der Waals surface area contributed by atoms with Crippen LogP contribution in [0.2, 0.25) is 4.47 Å². The van der Waals surface area contributed by atoms with Crippen LogP contribution in [0.25, 0.3) is 10.2 Å². The van der Waals surface area contributed by atoms with Crippen molar-refractivity contribution >= 4 is 72.7 Å². The Hall–Kier alpha value is -3.14. The molecule has 1 amide bonds. The van der Waals surface area contributed by atoms with Crippen molar-refractivity contribution < 1.29 is 23.7 Å². The third-order valence-electron chi connectivity index (χ3n) is 5.02. The monoisotopic (exact) mass is 553 g/mol. The molecule has 35 heavy (non-hydrogen) atoms. The van der Waals surface area contributed by atoms with Gasteiger partial charge in [-0.1, -0.05) is 22.4 Å². The van der Waals surface area contributed by atoms with Crippen molar-refractivity contribution in [3.63, 3.8) is 0 Å². The highest BCUT2D eigenvalue weighted by Crippen LogP contribution is 2.56. The van der Waals surface area contributed by atoms with Gasteiger partial charge in [0, 0.05) is 17.1 Å². The van der Waals surface area contributed by atoms with E-state index in [1.807, 2.05) is 0 Å². The fraction of sp³-hybridized carbons (Fsp3) is 0.100. The molecular formula is C20H16ClN5O6S3. The van der Waals surface area contributed by atoms with Crippen molar-refractivity contribution in [2.45, 2.75) is 11.4 Å². The number of halogens is 1. The third kappa shape index (κ3) is 4.35. The van der Waals surface area contributed by atoms with E-state index in [9.17, 15) is 23.8 Å². The second-order valence-corrected chi connectivity index (χ2v) is 11.6. The van der Waals surface area contributed by atoms with Gasteiger partial charge in [0.2, 0.25) is 0 Å². The number of amidine groups is 1. The van der Waals surface area contributed by atoms with Crippen LogP contribution in [-0.2, 0) is 11.3 Å². The Morgan fingerprint density at radius 2 is 2.11 bits per heavy atom. The standard InChI is InChI=1S/C20H16ClN5O6S3/c21-20-23-6-10(34-20)7-26-12-3-4-33-17(12)16(28)15(19(26)29)18-24-11-2-1-9(32-8-14(22)27)5-13(11)35(30,31)25-18/h1-6,28,30-31H,7-8H2,(H2,22,27)(H,24,25). The number of benzene rings is 1. The van der Waals surface area contributed by atoms with Crippen molar-refractivity contribution in [3.05, 3.63) is 61.1 Å². The fourth-order valence-corrected chi connectivity index (χ4v) is 6.54. The normalized spacial score (nSPS) is 15.2. The zero-order chi connectivity index (χ0) is 24.9. The molecule has 11 nitrogen and oxygen atoms in total. The molecule has 0 bridgehead atoms. The van der Waals surface area contributed by atoms with Crippen molar-refractivity contribution in [1.82, 2.24) is 9.55 Å². The molecule has 0 aliphatic carbocycles. The quantitative estimate of drug-likeness (QED) is 0.240. The third-order valence-corrected chi connectivity index (χ3v) is 8.40. The number of pyridine rings is 1. The van der Waals surface area contributed by atoms with Crippen molar-refractivity contribution in [2.75, 3.05) is 11.9 Å². The summed E-state index contributed by atoms with van der Waals surface area (Å²) in [6, 6.07) is 5.99. The van der Waals surface area contributed by atoms with Crippen molar-refractivity contribution in [2.24, 2.45) is 10.1 Å². The number of ether oxygens (including phenoxy) is 1. The Bertz CT molecular complexity index is 1580. The number of primary amides is 1. The SMILES string of the molecule is NC(=O)COc1ccc2c(c1)S(O)(O)N=C(c1c(O)c3sccc3n(Cc3cnc(Cl)s3)c1=O)N2. The lowest BCUT2D eigenvalue weighted by Gasteiger charge is -2.34. The molecule has 3 aromatic heterocycles. The summed E-state index contributed by atoms with van der Waals surface area (Å²) < 4.78 is 33.0. The van der Waals surface area contributed by atoms with Gasteiger partial charge >= 0.3 is 0 Å². The Morgan fingerprint density at radius 3 is 2.83 bits per heavy atom. The maximum absolute atomic E-state index is 13.6. The van der Waals surface area contributed by atoms with Crippen LogP contribution in [0.15, 0.2) is 49.9 Å². The summed E-state index contributed by atoms with van der Waals surface area (Å²) in [5.41, 5.74) is 5.02. The van der Waals surface area contributed by atoms with Crippen molar-refractivity contribution in [3.8, 4) is 11.5 Å². The molecule has 0 saturated carbocycles. The molecule has 1 aliphatic heterocycles. The zero-order valence-corrected chi connectivity index (χ0v) is 20.7. The molecule has 0 atom stereocenters. The van der Waals surface area contributed by atoms with E-state index in [0.29, 0.717) is 14.7 Å². The lowest BCUT2D eigenvalue weighted by Crippen LogP contribution is -2.32. The molecule has 1 aromatic carbocycles. The van der Waals surface area contributed by atoms with E-state index in [1.165, 1.54) is 45.4 Å². The number of hydrogen-bond acceptors (Lipinski definition) is 11. The van der Waals surface area contributed by atoms with E-state index in [-0.39, 0.29) is 46.6 Å². The van der Waals surface area contributed by atoms with Crippen LogP contribution in [0, 0.1) is 0 Å². The maximum Gasteiger partial charge on any atom is 0.266 e. The first-order chi connectivity index (χ1) is 16.6. The lowest BCUT2D eigenvalue weighted by atomic mass is 10.2. The van der Waals surface area contributed by atoms with E-state index in [2.05, 4.69) is 14.7 Å². The van der Waals surface area contributed by atoms with Gasteiger partial charge in [-0.05, 0) is 23.6 Å². The smallest absolute Gasteiger partial charge is 0.266 e. The van der Waals surface area contributed by atoms with Gasteiger partial charge in [-0.2, -0.15) is 0 Å². The summed E-state index contributed by atoms with van der Waals surface area (Å²) in [4.78, 5) is 29.3. The van der Waals surface area contributed by atoms with Gasteiger partial charge < -0.3 is 25.5 Å². The van der Waals surface area contributed by atoms with Gasteiger partial charge in [-0.3, -0.25) is 18.7 Å². The highest BCUT2D eigenvalue weighted by molar-refractivity contribution is 8.23. The van der Waals surface area contributed by atoms with Crippen LogP contribution in [0.5, 0.6) is 11.5 Å². The zero-order valence-electron chi connectivity index (χ0n) is 17.5. The number of nitrogens with zero attached hydrogens (tertiary/aromatic N) is 3. The molecule has 1 aliphatic rings. The van der Waals surface area contributed by atoms with Gasteiger partial charge in [0.25, 0.3) is 11.5 Å². The summed E-state index contributed by atoms with van der Waals surface area (Å²) in [5.74, 6) is -1.04. The van der Waals surface area contributed by atoms with E-state index >= 15 is 0 Å². The van der Waals surface area contributed by atoms with Gasteiger partial charge in [-0.15, -0.1) is 27.1 Å². The molecule has 15 heteroatoms. The van der Waals surface area contributed by atoms with Crippen LogP contribution in [0.4, 0.5) is 5.69 Å². The molecular weight excluding hydrogens is 538 g/mol. The molecule has 5 rings (SSSR count). The maximum atomic E-state index is 13.6. The first-order valence-electron chi connectivity index (χ1n) is 9.78.